The zero-order valence-electron chi connectivity index (χ0n) is 11.7. The number of benzene rings is 1. The third kappa shape index (κ3) is 4.13. The summed E-state index contributed by atoms with van der Waals surface area (Å²) in [5, 5.41) is 0. The highest BCUT2D eigenvalue weighted by Crippen LogP contribution is 2.15. The van der Waals surface area contributed by atoms with Gasteiger partial charge in [-0.1, -0.05) is 18.2 Å². The van der Waals surface area contributed by atoms with E-state index in [2.05, 4.69) is 9.47 Å². The SMILES string of the molecule is CCOC(=O)C(=O)N(C(=O)C(=O)OCC)c1ccccc1. The summed E-state index contributed by atoms with van der Waals surface area (Å²) in [6.45, 7) is 2.98. The monoisotopic (exact) mass is 293 g/mol. The maximum atomic E-state index is 12.0. The lowest BCUT2D eigenvalue weighted by molar-refractivity contribution is -0.157. The summed E-state index contributed by atoms with van der Waals surface area (Å²) in [7, 11) is 0. The van der Waals surface area contributed by atoms with Gasteiger partial charge in [-0.3, -0.25) is 9.59 Å². The van der Waals surface area contributed by atoms with Crippen molar-refractivity contribution in [3.05, 3.63) is 30.3 Å². The average Bonchev–Trinajstić information content (AvgIpc) is 2.48. The van der Waals surface area contributed by atoms with Crippen LogP contribution in [-0.4, -0.2) is 37.0 Å². The van der Waals surface area contributed by atoms with Gasteiger partial charge >= 0.3 is 23.8 Å². The van der Waals surface area contributed by atoms with Gasteiger partial charge in [-0.25, -0.2) is 14.5 Å². The van der Waals surface area contributed by atoms with Crippen molar-refractivity contribution < 1.29 is 28.7 Å². The van der Waals surface area contributed by atoms with Crippen molar-refractivity contribution in [2.45, 2.75) is 13.8 Å². The van der Waals surface area contributed by atoms with Gasteiger partial charge in [0.05, 0.1) is 18.9 Å². The third-order valence-corrected chi connectivity index (χ3v) is 2.32. The Kier molecular flexibility index (Phi) is 6.06. The van der Waals surface area contributed by atoms with Gasteiger partial charge in [0, 0.05) is 0 Å². The molecule has 0 aliphatic carbocycles. The Balaban J connectivity index is 3.12. The number of anilines is 1. The number of para-hydroxylation sites is 1. The average molecular weight is 293 g/mol. The van der Waals surface area contributed by atoms with E-state index in [1.54, 1.807) is 18.2 Å². The van der Waals surface area contributed by atoms with E-state index in [-0.39, 0.29) is 18.9 Å². The molecule has 7 heteroatoms. The highest BCUT2D eigenvalue weighted by atomic mass is 16.5. The van der Waals surface area contributed by atoms with Crippen LogP contribution in [0.5, 0.6) is 0 Å². The minimum atomic E-state index is -1.25. The molecule has 0 aliphatic heterocycles. The lowest BCUT2D eigenvalue weighted by atomic mass is 10.2. The number of carbonyl (C=O) groups excluding carboxylic acids is 4. The molecule has 0 heterocycles. The number of esters is 2. The second kappa shape index (κ2) is 7.78. The number of amides is 2. The Morgan fingerprint density at radius 1 is 0.857 bits per heavy atom. The molecule has 0 saturated heterocycles. The van der Waals surface area contributed by atoms with Crippen LogP contribution in [0.4, 0.5) is 5.69 Å². The van der Waals surface area contributed by atoms with Gasteiger partial charge in [-0.15, -0.1) is 0 Å². The molecule has 0 bridgehead atoms. The van der Waals surface area contributed by atoms with Crippen molar-refractivity contribution in [1.82, 2.24) is 0 Å². The van der Waals surface area contributed by atoms with E-state index in [1.165, 1.54) is 26.0 Å². The van der Waals surface area contributed by atoms with Crippen LogP contribution in [0.3, 0.4) is 0 Å². The molecule has 2 amide bonds. The Morgan fingerprint density at radius 2 is 1.29 bits per heavy atom. The molecule has 1 rings (SSSR count). The first-order valence-corrected chi connectivity index (χ1v) is 6.30. The predicted molar refractivity (Wildman–Crippen MR) is 72.2 cm³/mol. The third-order valence-electron chi connectivity index (χ3n) is 2.32. The van der Waals surface area contributed by atoms with Crippen LogP contribution in [0.25, 0.3) is 0 Å². The van der Waals surface area contributed by atoms with Gasteiger partial charge in [0.15, 0.2) is 0 Å². The molecule has 0 radical (unpaired) electrons. The van der Waals surface area contributed by atoms with Gasteiger partial charge in [0.2, 0.25) is 0 Å². The maximum Gasteiger partial charge on any atom is 0.397 e. The van der Waals surface area contributed by atoms with Crippen molar-refractivity contribution in [2.75, 3.05) is 18.1 Å². The maximum absolute atomic E-state index is 12.0. The summed E-state index contributed by atoms with van der Waals surface area (Å²) < 4.78 is 9.12. The molecule has 0 N–H and O–H groups in total. The first-order valence-electron chi connectivity index (χ1n) is 6.30. The van der Waals surface area contributed by atoms with Crippen molar-refractivity contribution in [3.8, 4) is 0 Å². The molecule has 1 aromatic carbocycles. The molecule has 7 nitrogen and oxygen atoms in total. The van der Waals surface area contributed by atoms with E-state index < -0.39 is 23.8 Å². The van der Waals surface area contributed by atoms with Gasteiger partial charge in [-0.2, -0.15) is 0 Å². The minimum absolute atomic E-state index is 0.0270. The minimum Gasteiger partial charge on any atom is -0.459 e. The largest absolute Gasteiger partial charge is 0.459 e. The molecule has 0 unspecified atom stereocenters. The fourth-order valence-electron chi connectivity index (χ4n) is 1.47. The van der Waals surface area contributed by atoms with E-state index >= 15 is 0 Å². The van der Waals surface area contributed by atoms with Crippen LogP contribution in [0, 0.1) is 0 Å². The molecule has 1 aromatic rings. The van der Waals surface area contributed by atoms with Crippen molar-refractivity contribution >= 4 is 29.4 Å². The fourth-order valence-corrected chi connectivity index (χ4v) is 1.47. The van der Waals surface area contributed by atoms with E-state index in [1.807, 2.05) is 0 Å². The van der Waals surface area contributed by atoms with Crippen LogP contribution in [-0.2, 0) is 28.7 Å². The van der Waals surface area contributed by atoms with Crippen LogP contribution < -0.4 is 4.90 Å². The van der Waals surface area contributed by atoms with Crippen molar-refractivity contribution in [3.63, 3.8) is 0 Å². The highest BCUT2D eigenvalue weighted by Gasteiger charge is 2.34. The van der Waals surface area contributed by atoms with E-state index in [0.717, 1.165) is 0 Å². The molecule has 21 heavy (non-hydrogen) atoms. The Morgan fingerprint density at radius 3 is 1.67 bits per heavy atom. The van der Waals surface area contributed by atoms with Gasteiger partial charge in [0.25, 0.3) is 0 Å². The van der Waals surface area contributed by atoms with Crippen LogP contribution >= 0.6 is 0 Å². The Hall–Kier alpha value is -2.70. The van der Waals surface area contributed by atoms with Crippen LogP contribution in [0.1, 0.15) is 13.8 Å². The quantitative estimate of drug-likeness (QED) is 0.601. The summed E-state index contributed by atoms with van der Waals surface area (Å²) in [6, 6.07) is 7.59. The number of rotatable bonds is 3. The van der Waals surface area contributed by atoms with Crippen molar-refractivity contribution in [2.24, 2.45) is 0 Å². The van der Waals surface area contributed by atoms with Crippen molar-refractivity contribution in [1.29, 1.82) is 0 Å². The summed E-state index contributed by atoms with van der Waals surface area (Å²) in [4.78, 5) is 47.5. The summed E-state index contributed by atoms with van der Waals surface area (Å²) in [6.07, 6.45) is 0. The number of nitrogens with zero attached hydrogens (tertiary/aromatic N) is 1. The molecule has 0 aromatic heterocycles. The first kappa shape index (κ1) is 16.4. The first-order chi connectivity index (χ1) is 10.0. The zero-order valence-corrected chi connectivity index (χ0v) is 11.7. The standard InChI is InChI=1S/C14H15NO6/c1-3-20-13(18)11(16)15(10-8-6-5-7-9-10)12(17)14(19)21-4-2/h5-9H,3-4H2,1-2H3. The number of ether oxygens (including phenoxy) is 2. The number of carbonyl (C=O) groups is 4. The summed E-state index contributed by atoms with van der Waals surface area (Å²) >= 11 is 0. The summed E-state index contributed by atoms with van der Waals surface area (Å²) in [5.41, 5.74) is 0.0774. The molecule has 0 atom stereocenters. The number of hydrogen-bond donors (Lipinski definition) is 0. The van der Waals surface area contributed by atoms with Crippen LogP contribution in [0.15, 0.2) is 30.3 Å². The Bertz CT molecular complexity index is 510. The van der Waals surface area contributed by atoms with E-state index in [4.69, 9.17) is 0 Å². The molecule has 0 aliphatic rings. The number of hydrogen-bond acceptors (Lipinski definition) is 6. The van der Waals surface area contributed by atoms with Crippen LogP contribution in [0.2, 0.25) is 0 Å². The van der Waals surface area contributed by atoms with Gasteiger partial charge < -0.3 is 9.47 Å². The highest BCUT2D eigenvalue weighted by molar-refractivity contribution is 6.52. The second-order valence-electron chi connectivity index (χ2n) is 3.72. The van der Waals surface area contributed by atoms with E-state index in [9.17, 15) is 19.2 Å². The smallest absolute Gasteiger partial charge is 0.397 e. The van der Waals surface area contributed by atoms with Gasteiger partial charge in [0.1, 0.15) is 0 Å². The molecular weight excluding hydrogens is 278 g/mol. The number of imide groups is 1. The molecule has 0 saturated carbocycles. The topological polar surface area (TPSA) is 90.0 Å². The Labute approximate surface area is 121 Å². The second-order valence-corrected chi connectivity index (χ2v) is 3.72. The fraction of sp³-hybridized carbons (Fsp3) is 0.286. The molecule has 112 valence electrons. The molecular formula is C14H15NO6. The van der Waals surface area contributed by atoms with Gasteiger partial charge in [-0.05, 0) is 26.0 Å². The molecule has 0 fully saturated rings. The van der Waals surface area contributed by atoms with E-state index in [0.29, 0.717) is 4.90 Å². The lowest BCUT2D eigenvalue weighted by Crippen LogP contribution is -2.46. The predicted octanol–water partition coefficient (Wildman–Crippen LogP) is 0.672. The lowest BCUT2D eigenvalue weighted by Gasteiger charge is -2.18. The molecule has 0 spiro atoms. The summed E-state index contributed by atoms with van der Waals surface area (Å²) in [5.74, 6) is -4.94. The normalized spacial score (nSPS) is 9.62. The zero-order chi connectivity index (χ0) is 15.8.